The number of aliphatic hydroxyl groups is 1. The Labute approximate surface area is 108 Å². The van der Waals surface area contributed by atoms with E-state index in [-0.39, 0.29) is 18.6 Å². The summed E-state index contributed by atoms with van der Waals surface area (Å²) in [5.41, 5.74) is -0.583. The molecule has 1 unspecified atom stereocenters. The highest BCUT2D eigenvalue weighted by molar-refractivity contribution is 9.18. The van der Waals surface area contributed by atoms with Crippen molar-refractivity contribution in [3.8, 4) is 0 Å². The molecule has 0 aromatic heterocycles. The molecule has 3 atom stereocenters. The van der Waals surface area contributed by atoms with E-state index in [9.17, 15) is 9.90 Å². The highest BCUT2D eigenvalue weighted by Gasteiger charge is 2.51. The van der Waals surface area contributed by atoms with Crippen LogP contribution in [0.15, 0.2) is 5.16 Å². The molecule has 6 nitrogen and oxygen atoms in total. The summed E-state index contributed by atoms with van der Waals surface area (Å²) in [6, 6.07) is 0. The van der Waals surface area contributed by atoms with Crippen LogP contribution in [0.5, 0.6) is 0 Å². The quantitative estimate of drug-likeness (QED) is 0.732. The van der Waals surface area contributed by atoms with Crippen molar-refractivity contribution in [2.45, 2.75) is 38.7 Å². The van der Waals surface area contributed by atoms with Crippen LogP contribution in [0.25, 0.3) is 0 Å². The Bertz CT molecular complexity index is 366. The molecule has 2 aliphatic rings. The monoisotopic (exact) mass is 306 g/mol. The molecular weight excluding hydrogens is 292 g/mol. The predicted octanol–water partition coefficient (Wildman–Crippen LogP) is 1.28. The van der Waals surface area contributed by atoms with Crippen LogP contribution in [0.4, 0.5) is 4.79 Å². The smallest absolute Gasteiger partial charge is 0.412 e. The van der Waals surface area contributed by atoms with E-state index in [1.54, 1.807) is 20.8 Å². The van der Waals surface area contributed by atoms with E-state index in [0.717, 1.165) is 0 Å². The fourth-order valence-corrected chi connectivity index (χ4v) is 2.47. The number of fused-ring (bicyclic) bond motifs is 1. The standard InChI is InChI=1S/C10H15BrN2O4/c1-10(2,3)16-9(15)13-4-5-6(8(13)14)7(11)12-17-5/h5-6,8,14H,4H2,1-3H3/t5-,6+,8?/m0/s1. The maximum Gasteiger partial charge on any atom is 0.412 e. The van der Waals surface area contributed by atoms with Crippen molar-refractivity contribution in [1.29, 1.82) is 0 Å². The van der Waals surface area contributed by atoms with E-state index >= 15 is 0 Å². The van der Waals surface area contributed by atoms with Crippen LogP contribution in [0.1, 0.15) is 20.8 Å². The summed E-state index contributed by atoms with van der Waals surface area (Å²) >= 11 is 3.21. The number of carbonyl (C=O) groups is 1. The molecule has 0 aromatic rings. The first-order valence-electron chi connectivity index (χ1n) is 5.36. The number of hydrogen-bond donors (Lipinski definition) is 1. The number of ether oxygens (including phenoxy) is 1. The third kappa shape index (κ3) is 2.40. The van der Waals surface area contributed by atoms with Crippen molar-refractivity contribution in [2.24, 2.45) is 11.1 Å². The van der Waals surface area contributed by atoms with Crippen molar-refractivity contribution in [1.82, 2.24) is 4.90 Å². The van der Waals surface area contributed by atoms with Crippen molar-refractivity contribution in [2.75, 3.05) is 6.54 Å². The number of aliphatic hydroxyl groups excluding tert-OH is 1. The number of hydrogen-bond acceptors (Lipinski definition) is 5. The SMILES string of the molecule is CC(C)(C)OC(=O)N1C[C@@H]2ON=C(Br)[C@@H]2C1O. The van der Waals surface area contributed by atoms with Crippen molar-refractivity contribution < 1.29 is 19.5 Å². The minimum absolute atomic E-state index is 0.277. The van der Waals surface area contributed by atoms with E-state index in [4.69, 9.17) is 9.57 Å². The molecule has 0 bridgehead atoms. The van der Waals surface area contributed by atoms with Gasteiger partial charge in [-0.15, -0.1) is 0 Å². The molecule has 2 heterocycles. The van der Waals surface area contributed by atoms with Gasteiger partial charge in [-0.1, -0.05) is 5.16 Å². The molecule has 1 N–H and O–H groups in total. The van der Waals surface area contributed by atoms with Crippen LogP contribution < -0.4 is 0 Å². The van der Waals surface area contributed by atoms with Gasteiger partial charge in [0.15, 0.2) is 6.10 Å². The minimum Gasteiger partial charge on any atom is -0.444 e. The molecular formula is C10H15BrN2O4. The average Bonchev–Trinajstić information content (AvgIpc) is 2.66. The minimum atomic E-state index is -0.963. The number of likely N-dealkylation sites (tertiary alicyclic amines) is 1. The third-order valence-corrected chi connectivity index (χ3v) is 3.27. The second-order valence-electron chi connectivity index (χ2n) is 5.13. The lowest BCUT2D eigenvalue weighted by Crippen LogP contribution is -2.42. The first kappa shape index (κ1) is 12.6. The van der Waals surface area contributed by atoms with E-state index < -0.39 is 17.9 Å². The summed E-state index contributed by atoms with van der Waals surface area (Å²) in [7, 11) is 0. The van der Waals surface area contributed by atoms with Crippen LogP contribution in [0.2, 0.25) is 0 Å². The fraction of sp³-hybridized carbons (Fsp3) is 0.800. The number of nitrogens with zero attached hydrogens (tertiary/aromatic N) is 2. The fourth-order valence-electron chi connectivity index (χ4n) is 1.86. The Morgan fingerprint density at radius 3 is 2.82 bits per heavy atom. The van der Waals surface area contributed by atoms with Crippen molar-refractivity contribution in [3.63, 3.8) is 0 Å². The van der Waals surface area contributed by atoms with Gasteiger partial charge >= 0.3 is 6.09 Å². The zero-order chi connectivity index (χ0) is 12.8. The third-order valence-electron chi connectivity index (χ3n) is 2.60. The first-order chi connectivity index (χ1) is 7.79. The van der Waals surface area contributed by atoms with E-state index in [1.165, 1.54) is 4.90 Å². The normalized spacial score (nSPS) is 31.9. The number of carbonyl (C=O) groups excluding carboxylic acids is 1. The van der Waals surface area contributed by atoms with Crippen LogP contribution in [0.3, 0.4) is 0 Å². The number of amides is 1. The van der Waals surface area contributed by atoms with Crippen LogP contribution in [-0.2, 0) is 9.57 Å². The van der Waals surface area contributed by atoms with Gasteiger partial charge in [0.1, 0.15) is 16.4 Å². The number of oxime groups is 1. The summed E-state index contributed by atoms with van der Waals surface area (Å²) in [6.45, 7) is 5.62. The maximum atomic E-state index is 11.8. The Morgan fingerprint density at radius 2 is 2.29 bits per heavy atom. The molecule has 0 aromatic carbocycles. The predicted molar refractivity (Wildman–Crippen MR) is 63.7 cm³/mol. The van der Waals surface area contributed by atoms with Gasteiger partial charge in [0.25, 0.3) is 0 Å². The second kappa shape index (κ2) is 4.13. The summed E-state index contributed by atoms with van der Waals surface area (Å²) in [5.74, 6) is -0.317. The molecule has 17 heavy (non-hydrogen) atoms. The van der Waals surface area contributed by atoms with Crippen LogP contribution in [0, 0.1) is 5.92 Å². The highest BCUT2D eigenvalue weighted by Crippen LogP contribution is 2.34. The summed E-state index contributed by atoms with van der Waals surface area (Å²) in [5, 5.41) is 13.8. The van der Waals surface area contributed by atoms with Gasteiger partial charge in [-0.3, -0.25) is 4.90 Å². The topological polar surface area (TPSA) is 71.4 Å². The lowest BCUT2D eigenvalue weighted by atomic mass is 10.1. The maximum absolute atomic E-state index is 11.8. The summed E-state index contributed by atoms with van der Waals surface area (Å²) in [6.07, 6.45) is -1.80. The molecule has 0 spiro atoms. The van der Waals surface area contributed by atoms with Crippen LogP contribution in [-0.4, -0.2) is 45.2 Å². The van der Waals surface area contributed by atoms with Gasteiger partial charge in [-0.25, -0.2) is 4.79 Å². The molecule has 2 aliphatic heterocycles. The highest BCUT2D eigenvalue weighted by atomic mass is 79.9. The lowest BCUT2D eigenvalue weighted by molar-refractivity contribution is -0.0181. The molecule has 0 aliphatic carbocycles. The molecule has 0 saturated carbocycles. The molecule has 1 fully saturated rings. The summed E-state index contributed by atoms with van der Waals surface area (Å²) in [4.78, 5) is 18.2. The Morgan fingerprint density at radius 1 is 1.65 bits per heavy atom. The molecule has 1 saturated heterocycles. The number of halogens is 1. The van der Waals surface area contributed by atoms with Gasteiger partial charge in [-0.2, -0.15) is 0 Å². The Balaban J connectivity index is 2.05. The van der Waals surface area contributed by atoms with Gasteiger partial charge in [0, 0.05) is 0 Å². The van der Waals surface area contributed by atoms with E-state index in [1.807, 2.05) is 0 Å². The zero-order valence-corrected chi connectivity index (χ0v) is 11.5. The summed E-state index contributed by atoms with van der Waals surface area (Å²) < 4.78 is 5.74. The van der Waals surface area contributed by atoms with Crippen LogP contribution >= 0.6 is 15.9 Å². The van der Waals surface area contributed by atoms with Gasteiger partial charge in [0.2, 0.25) is 0 Å². The number of rotatable bonds is 0. The molecule has 0 radical (unpaired) electrons. The van der Waals surface area contributed by atoms with E-state index in [2.05, 4.69) is 21.1 Å². The first-order valence-corrected chi connectivity index (χ1v) is 6.16. The molecule has 1 amide bonds. The molecule has 2 rings (SSSR count). The zero-order valence-electron chi connectivity index (χ0n) is 9.88. The van der Waals surface area contributed by atoms with Gasteiger partial charge in [-0.05, 0) is 36.7 Å². The second-order valence-corrected chi connectivity index (χ2v) is 5.94. The Kier molecular flexibility index (Phi) is 3.07. The van der Waals surface area contributed by atoms with Gasteiger partial charge < -0.3 is 14.7 Å². The van der Waals surface area contributed by atoms with Crippen molar-refractivity contribution >= 4 is 26.6 Å². The van der Waals surface area contributed by atoms with Crippen molar-refractivity contribution in [3.05, 3.63) is 0 Å². The molecule has 96 valence electrons. The van der Waals surface area contributed by atoms with Gasteiger partial charge in [0.05, 0.1) is 12.5 Å². The lowest BCUT2D eigenvalue weighted by Gasteiger charge is -2.26. The average molecular weight is 307 g/mol. The van der Waals surface area contributed by atoms with E-state index in [0.29, 0.717) is 4.62 Å². The Hall–Kier alpha value is -0.820. The largest absolute Gasteiger partial charge is 0.444 e. The molecule has 7 heteroatoms.